The predicted octanol–water partition coefficient (Wildman–Crippen LogP) is 2.10. The Morgan fingerprint density at radius 2 is 1.73 bits per heavy atom. The Morgan fingerprint density at radius 1 is 1.07 bits per heavy atom. The fraction of sp³-hybridized carbons (Fsp3) is 1.00. The van der Waals surface area contributed by atoms with Crippen LogP contribution in [0.25, 0.3) is 0 Å². The van der Waals surface area contributed by atoms with Crippen molar-refractivity contribution in [3.8, 4) is 0 Å². The number of rotatable bonds is 2. The average molecular weight is 210 g/mol. The zero-order valence-corrected chi connectivity index (χ0v) is 10.5. The number of hydrogen-bond donors (Lipinski definition) is 1. The summed E-state index contributed by atoms with van der Waals surface area (Å²) in [5.74, 6) is 1.75. The zero-order chi connectivity index (χ0) is 10.8. The molecule has 1 aliphatic carbocycles. The molecule has 2 heteroatoms. The second-order valence-corrected chi connectivity index (χ2v) is 5.83. The Morgan fingerprint density at radius 3 is 2.27 bits per heavy atom. The zero-order valence-electron chi connectivity index (χ0n) is 10.5. The minimum atomic E-state index is 0.753. The number of likely N-dealkylation sites (N-methyl/N-ethyl adjacent to an activating group) is 1. The van der Waals surface area contributed by atoms with Crippen LogP contribution in [0.4, 0.5) is 0 Å². The molecule has 2 nitrogen and oxygen atoms in total. The molecule has 4 atom stereocenters. The molecule has 2 aliphatic rings. The highest BCUT2D eigenvalue weighted by Crippen LogP contribution is 2.29. The molecule has 0 spiro atoms. The summed E-state index contributed by atoms with van der Waals surface area (Å²) in [6.45, 7) is 7.36. The summed E-state index contributed by atoms with van der Waals surface area (Å²) in [6.07, 6.45) is 5.62. The predicted molar refractivity (Wildman–Crippen MR) is 65.0 cm³/mol. The molecule has 1 saturated heterocycles. The molecule has 88 valence electrons. The molecule has 15 heavy (non-hydrogen) atoms. The van der Waals surface area contributed by atoms with Gasteiger partial charge in [0.25, 0.3) is 0 Å². The fourth-order valence-electron chi connectivity index (χ4n) is 3.35. The number of likely N-dealkylation sites (tertiary alicyclic amines) is 1. The summed E-state index contributed by atoms with van der Waals surface area (Å²) in [5.41, 5.74) is 0. The molecule has 1 N–H and O–H groups in total. The Kier molecular flexibility index (Phi) is 3.68. The Balaban J connectivity index is 1.86. The van der Waals surface area contributed by atoms with Crippen LogP contribution in [0.3, 0.4) is 0 Å². The van der Waals surface area contributed by atoms with Crippen molar-refractivity contribution in [1.29, 1.82) is 0 Å². The molecule has 0 aromatic heterocycles. The van der Waals surface area contributed by atoms with E-state index in [1.165, 1.54) is 38.8 Å². The van der Waals surface area contributed by atoms with Crippen LogP contribution in [-0.4, -0.2) is 37.1 Å². The van der Waals surface area contributed by atoms with Crippen molar-refractivity contribution < 1.29 is 0 Å². The molecule has 0 bridgehead atoms. The maximum absolute atomic E-state index is 3.91. The number of hydrogen-bond acceptors (Lipinski definition) is 2. The van der Waals surface area contributed by atoms with E-state index in [9.17, 15) is 0 Å². The van der Waals surface area contributed by atoms with E-state index in [-0.39, 0.29) is 0 Å². The van der Waals surface area contributed by atoms with Gasteiger partial charge in [0.1, 0.15) is 0 Å². The first kappa shape index (κ1) is 11.4. The van der Waals surface area contributed by atoms with Gasteiger partial charge in [-0.05, 0) is 44.7 Å². The third-order valence-electron chi connectivity index (χ3n) is 4.36. The highest BCUT2D eigenvalue weighted by Gasteiger charge is 2.30. The first-order chi connectivity index (χ1) is 7.16. The van der Waals surface area contributed by atoms with E-state index in [4.69, 9.17) is 0 Å². The highest BCUT2D eigenvalue weighted by atomic mass is 15.2. The lowest BCUT2D eigenvalue weighted by molar-refractivity contribution is 0.193. The molecule has 2 fully saturated rings. The monoisotopic (exact) mass is 210 g/mol. The van der Waals surface area contributed by atoms with Crippen molar-refractivity contribution in [2.75, 3.05) is 20.1 Å². The maximum Gasteiger partial charge on any atom is 0.0209 e. The van der Waals surface area contributed by atoms with Gasteiger partial charge in [-0.25, -0.2) is 0 Å². The van der Waals surface area contributed by atoms with Crippen LogP contribution < -0.4 is 5.32 Å². The van der Waals surface area contributed by atoms with Gasteiger partial charge in [-0.15, -0.1) is 0 Å². The fourth-order valence-corrected chi connectivity index (χ4v) is 3.35. The normalized spacial score (nSPS) is 43.4. The SMILES string of the molecule is C[C@@H]1CCC[C@H](C)C1N[C@H]1CCN(C)C1. The third-order valence-corrected chi connectivity index (χ3v) is 4.36. The van der Waals surface area contributed by atoms with Gasteiger partial charge < -0.3 is 10.2 Å². The molecule has 0 amide bonds. The molecular formula is C13H26N2. The first-order valence-electron chi connectivity index (χ1n) is 6.61. The lowest BCUT2D eigenvalue weighted by Crippen LogP contribution is -2.48. The van der Waals surface area contributed by atoms with Crippen molar-refractivity contribution in [3.63, 3.8) is 0 Å². The van der Waals surface area contributed by atoms with Gasteiger partial charge >= 0.3 is 0 Å². The van der Waals surface area contributed by atoms with Crippen LogP contribution in [0.1, 0.15) is 39.5 Å². The largest absolute Gasteiger partial charge is 0.309 e. The Labute approximate surface area is 94.4 Å². The van der Waals surface area contributed by atoms with E-state index in [1.54, 1.807) is 0 Å². The van der Waals surface area contributed by atoms with Crippen molar-refractivity contribution in [3.05, 3.63) is 0 Å². The highest BCUT2D eigenvalue weighted by molar-refractivity contribution is 4.89. The van der Waals surface area contributed by atoms with Gasteiger partial charge in [0.05, 0.1) is 0 Å². The van der Waals surface area contributed by atoms with Crippen LogP contribution in [0.5, 0.6) is 0 Å². The first-order valence-corrected chi connectivity index (χ1v) is 6.61. The van der Waals surface area contributed by atoms with Crippen molar-refractivity contribution in [1.82, 2.24) is 10.2 Å². The Bertz CT molecular complexity index is 195. The summed E-state index contributed by atoms with van der Waals surface area (Å²) in [7, 11) is 2.23. The van der Waals surface area contributed by atoms with Crippen LogP contribution in [0.2, 0.25) is 0 Å². The van der Waals surface area contributed by atoms with Crippen LogP contribution in [-0.2, 0) is 0 Å². The van der Waals surface area contributed by atoms with Gasteiger partial charge in [-0.2, -0.15) is 0 Å². The van der Waals surface area contributed by atoms with E-state index < -0.39 is 0 Å². The molecule has 2 rings (SSSR count). The average Bonchev–Trinajstić information content (AvgIpc) is 2.58. The minimum Gasteiger partial charge on any atom is -0.309 e. The molecular weight excluding hydrogens is 184 g/mol. The van der Waals surface area contributed by atoms with Crippen LogP contribution in [0, 0.1) is 11.8 Å². The Hall–Kier alpha value is -0.0800. The second-order valence-electron chi connectivity index (χ2n) is 5.83. The van der Waals surface area contributed by atoms with E-state index in [1.807, 2.05) is 0 Å². The standard InChI is InChI=1S/C13H26N2/c1-10-5-4-6-11(2)13(10)14-12-7-8-15(3)9-12/h10-14H,4-9H2,1-3H3/t10-,11+,12-,13?/m0/s1. The lowest BCUT2D eigenvalue weighted by Gasteiger charge is -2.37. The quantitative estimate of drug-likeness (QED) is 0.751. The van der Waals surface area contributed by atoms with E-state index in [0.717, 1.165) is 23.9 Å². The molecule has 0 radical (unpaired) electrons. The summed E-state index contributed by atoms with van der Waals surface area (Å²) in [4.78, 5) is 2.44. The summed E-state index contributed by atoms with van der Waals surface area (Å²) >= 11 is 0. The topological polar surface area (TPSA) is 15.3 Å². The minimum absolute atomic E-state index is 0.753. The summed E-state index contributed by atoms with van der Waals surface area (Å²) in [6, 6.07) is 1.53. The number of nitrogens with zero attached hydrogens (tertiary/aromatic N) is 1. The lowest BCUT2D eigenvalue weighted by atomic mass is 9.78. The smallest absolute Gasteiger partial charge is 0.0209 e. The van der Waals surface area contributed by atoms with Gasteiger partial charge in [0.2, 0.25) is 0 Å². The molecule has 1 unspecified atom stereocenters. The van der Waals surface area contributed by atoms with Gasteiger partial charge in [0, 0.05) is 18.6 Å². The molecule has 1 heterocycles. The van der Waals surface area contributed by atoms with Crippen molar-refractivity contribution >= 4 is 0 Å². The van der Waals surface area contributed by atoms with E-state index in [2.05, 4.69) is 31.1 Å². The second kappa shape index (κ2) is 4.84. The third kappa shape index (κ3) is 2.73. The summed E-state index contributed by atoms with van der Waals surface area (Å²) in [5, 5.41) is 3.91. The molecule has 1 aliphatic heterocycles. The van der Waals surface area contributed by atoms with Crippen LogP contribution >= 0.6 is 0 Å². The van der Waals surface area contributed by atoms with Crippen LogP contribution in [0.15, 0.2) is 0 Å². The molecule has 0 aromatic rings. The van der Waals surface area contributed by atoms with Crippen molar-refractivity contribution in [2.24, 2.45) is 11.8 Å². The maximum atomic E-state index is 3.91. The van der Waals surface area contributed by atoms with E-state index in [0.29, 0.717) is 0 Å². The van der Waals surface area contributed by atoms with E-state index >= 15 is 0 Å². The molecule has 1 saturated carbocycles. The van der Waals surface area contributed by atoms with Crippen molar-refractivity contribution in [2.45, 2.75) is 51.6 Å². The van der Waals surface area contributed by atoms with Gasteiger partial charge in [-0.1, -0.05) is 20.3 Å². The van der Waals surface area contributed by atoms with Gasteiger partial charge in [0.15, 0.2) is 0 Å². The summed E-state index contributed by atoms with van der Waals surface area (Å²) < 4.78 is 0. The number of nitrogens with one attached hydrogen (secondary N) is 1. The van der Waals surface area contributed by atoms with Gasteiger partial charge in [-0.3, -0.25) is 0 Å². The molecule has 0 aromatic carbocycles.